The quantitative estimate of drug-likeness (QED) is 0.477. The molecule has 0 aliphatic carbocycles. The van der Waals surface area contributed by atoms with E-state index in [4.69, 9.17) is 22.1 Å². The van der Waals surface area contributed by atoms with Gasteiger partial charge in [-0.25, -0.2) is 9.97 Å². The first-order chi connectivity index (χ1) is 13.8. The maximum absolute atomic E-state index is 13.0. The monoisotopic (exact) mass is 423 g/mol. The lowest BCUT2D eigenvalue weighted by Gasteiger charge is -2.15. The van der Waals surface area contributed by atoms with E-state index in [0.29, 0.717) is 18.1 Å². The van der Waals surface area contributed by atoms with Crippen LogP contribution in [-0.4, -0.2) is 16.6 Å². The van der Waals surface area contributed by atoms with Gasteiger partial charge in [-0.2, -0.15) is 13.2 Å². The Morgan fingerprint density at radius 1 is 1.00 bits per heavy atom. The lowest BCUT2D eigenvalue weighted by atomic mass is 10.2. The molecule has 0 amide bonds. The number of benzene rings is 2. The van der Waals surface area contributed by atoms with Gasteiger partial charge in [-0.15, -0.1) is 0 Å². The van der Waals surface area contributed by atoms with Crippen molar-refractivity contribution in [2.75, 3.05) is 23.0 Å². The summed E-state index contributed by atoms with van der Waals surface area (Å²) in [5.74, 6) is 1.18. The van der Waals surface area contributed by atoms with Crippen LogP contribution in [0.25, 0.3) is 0 Å². The predicted molar refractivity (Wildman–Crippen MR) is 107 cm³/mol. The summed E-state index contributed by atoms with van der Waals surface area (Å²) in [4.78, 5) is 8.09. The van der Waals surface area contributed by atoms with Gasteiger partial charge in [0.05, 0.1) is 17.2 Å². The molecule has 1 heterocycles. The second kappa shape index (κ2) is 8.44. The molecule has 0 atom stereocenters. The van der Waals surface area contributed by atoms with Crippen molar-refractivity contribution in [3.05, 3.63) is 59.4 Å². The van der Waals surface area contributed by atoms with Crippen molar-refractivity contribution in [1.82, 2.24) is 9.97 Å². The molecule has 152 valence electrons. The zero-order chi connectivity index (χ0) is 21.0. The summed E-state index contributed by atoms with van der Waals surface area (Å²) in [5.41, 5.74) is 6.12. The first-order valence-corrected chi connectivity index (χ1v) is 8.90. The average Bonchev–Trinajstić information content (AvgIpc) is 2.67. The Balaban J connectivity index is 1.82. The van der Waals surface area contributed by atoms with Gasteiger partial charge in [0, 0.05) is 11.4 Å². The minimum atomic E-state index is -4.58. The van der Waals surface area contributed by atoms with Gasteiger partial charge in [-0.05, 0) is 49.4 Å². The van der Waals surface area contributed by atoms with Crippen LogP contribution < -0.4 is 21.1 Å². The molecule has 2 aromatic carbocycles. The summed E-state index contributed by atoms with van der Waals surface area (Å²) in [6, 6.07) is 10.6. The number of alkyl halides is 3. The van der Waals surface area contributed by atoms with Crippen LogP contribution >= 0.6 is 11.6 Å². The molecule has 29 heavy (non-hydrogen) atoms. The van der Waals surface area contributed by atoms with E-state index in [1.165, 1.54) is 12.4 Å². The number of rotatable bonds is 6. The van der Waals surface area contributed by atoms with Crippen molar-refractivity contribution in [2.24, 2.45) is 0 Å². The third kappa shape index (κ3) is 5.00. The van der Waals surface area contributed by atoms with E-state index in [-0.39, 0.29) is 17.2 Å². The molecule has 0 spiro atoms. The molecule has 0 saturated carbocycles. The fraction of sp³-hybridized carbons (Fsp3) is 0.158. The Morgan fingerprint density at radius 2 is 1.59 bits per heavy atom. The Kier molecular flexibility index (Phi) is 5.97. The van der Waals surface area contributed by atoms with Crippen molar-refractivity contribution in [2.45, 2.75) is 13.1 Å². The van der Waals surface area contributed by atoms with Gasteiger partial charge in [0.15, 0.2) is 11.6 Å². The van der Waals surface area contributed by atoms with Crippen molar-refractivity contribution in [3.8, 4) is 5.75 Å². The molecule has 10 heteroatoms. The van der Waals surface area contributed by atoms with Crippen LogP contribution in [0.15, 0.2) is 48.8 Å². The highest BCUT2D eigenvalue weighted by Crippen LogP contribution is 2.37. The third-order valence-electron chi connectivity index (χ3n) is 3.85. The van der Waals surface area contributed by atoms with Gasteiger partial charge < -0.3 is 21.1 Å². The molecule has 4 N–H and O–H groups in total. The number of nitrogen functional groups attached to an aromatic ring is 1. The summed E-state index contributed by atoms with van der Waals surface area (Å²) >= 11 is 5.64. The summed E-state index contributed by atoms with van der Waals surface area (Å²) < 4.78 is 44.5. The van der Waals surface area contributed by atoms with Crippen LogP contribution in [0.3, 0.4) is 0 Å². The molecule has 0 radical (unpaired) electrons. The number of halogens is 4. The normalized spacial score (nSPS) is 11.2. The predicted octanol–water partition coefficient (Wildman–Crippen LogP) is 5.62. The zero-order valence-electron chi connectivity index (χ0n) is 15.2. The number of anilines is 5. The number of nitrogens with two attached hydrogens (primary N) is 1. The van der Waals surface area contributed by atoms with Gasteiger partial charge in [-0.1, -0.05) is 11.6 Å². The van der Waals surface area contributed by atoms with E-state index in [1.54, 1.807) is 24.3 Å². The van der Waals surface area contributed by atoms with Crippen LogP contribution in [0, 0.1) is 0 Å². The highest BCUT2D eigenvalue weighted by molar-refractivity contribution is 6.31. The summed E-state index contributed by atoms with van der Waals surface area (Å²) in [7, 11) is 0. The number of hydrogen-bond donors (Lipinski definition) is 3. The third-order valence-corrected chi connectivity index (χ3v) is 4.18. The molecule has 1 aromatic heterocycles. The highest BCUT2D eigenvalue weighted by atomic mass is 35.5. The largest absolute Gasteiger partial charge is 0.494 e. The fourth-order valence-electron chi connectivity index (χ4n) is 2.49. The maximum atomic E-state index is 13.0. The van der Waals surface area contributed by atoms with Gasteiger partial charge in [0.1, 0.15) is 17.8 Å². The highest BCUT2D eigenvalue weighted by Gasteiger charge is 2.33. The van der Waals surface area contributed by atoms with E-state index in [9.17, 15) is 13.2 Å². The molecule has 0 aliphatic heterocycles. The minimum absolute atomic E-state index is 0.138. The first kappa shape index (κ1) is 20.5. The second-order valence-corrected chi connectivity index (χ2v) is 6.29. The molecule has 3 rings (SSSR count). The molecule has 0 bridgehead atoms. The van der Waals surface area contributed by atoms with Crippen LogP contribution in [0.1, 0.15) is 12.5 Å². The lowest BCUT2D eigenvalue weighted by molar-refractivity contribution is -0.137. The summed E-state index contributed by atoms with van der Waals surface area (Å²) in [6.07, 6.45) is -3.33. The Hall–Kier alpha value is -3.20. The maximum Gasteiger partial charge on any atom is 0.417 e. The molecule has 0 aliphatic rings. The summed E-state index contributed by atoms with van der Waals surface area (Å²) in [5, 5.41) is 5.42. The number of nitrogens with zero attached hydrogens (tertiary/aromatic N) is 2. The van der Waals surface area contributed by atoms with Crippen molar-refractivity contribution in [1.29, 1.82) is 0 Å². The minimum Gasteiger partial charge on any atom is -0.494 e. The molecule has 6 nitrogen and oxygen atoms in total. The van der Waals surface area contributed by atoms with E-state index >= 15 is 0 Å². The van der Waals surface area contributed by atoms with Crippen LogP contribution in [0.5, 0.6) is 5.75 Å². The van der Waals surface area contributed by atoms with E-state index in [2.05, 4.69) is 20.6 Å². The number of nitrogens with one attached hydrogen (secondary N) is 2. The summed E-state index contributed by atoms with van der Waals surface area (Å²) in [6.45, 7) is 2.45. The molecular formula is C19H17ClF3N5O. The Bertz CT molecular complexity index is 996. The number of ether oxygens (including phenoxy) is 1. The standard InChI is InChI=1S/C19H17ClF3N5O/c1-2-29-13-6-3-11(4-7-13)27-17-16(24)18(26-10-25-17)28-12-5-8-15(20)14(9-12)19(21,22)23/h3-10H,2,24H2,1H3,(H2,25,26,27,28). The van der Waals surface area contributed by atoms with Crippen LogP contribution in [0.4, 0.5) is 41.9 Å². The van der Waals surface area contributed by atoms with Crippen molar-refractivity contribution < 1.29 is 17.9 Å². The number of aromatic nitrogens is 2. The fourth-order valence-corrected chi connectivity index (χ4v) is 2.71. The van der Waals surface area contributed by atoms with Crippen LogP contribution in [-0.2, 0) is 6.18 Å². The van der Waals surface area contributed by atoms with Gasteiger partial charge in [0.2, 0.25) is 0 Å². The average molecular weight is 424 g/mol. The lowest BCUT2D eigenvalue weighted by Crippen LogP contribution is -2.08. The smallest absolute Gasteiger partial charge is 0.417 e. The van der Waals surface area contributed by atoms with Crippen molar-refractivity contribution >= 4 is 40.3 Å². The zero-order valence-corrected chi connectivity index (χ0v) is 16.0. The first-order valence-electron chi connectivity index (χ1n) is 8.52. The van der Waals surface area contributed by atoms with E-state index in [1.807, 2.05) is 6.92 Å². The van der Waals surface area contributed by atoms with Gasteiger partial charge in [0.25, 0.3) is 0 Å². The Labute approximate surface area is 169 Å². The molecule has 0 fully saturated rings. The molecular weight excluding hydrogens is 407 g/mol. The van der Waals surface area contributed by atoms with Gasteiger partial charge >= 0.3 is 6.18 Å². The molecule has 3 aromatic rings. The topological polar surface area (TPSA) is 85.1 Å². The van der Waals surface area contributed by atoms with E-state index in [0.717, 1.165) is 17.9 Å². The molecule has 0 unspecified atom stereocenters. The van der Waals surface area contributed by atoms with Gasteiger partial charge in [-0.3, -0.25) is 0 Å². The Morgan fingerprint density at radius 3 is 2.17 bits per heavy atom. The molecule has 0 saturated heterocycles. The van der Waals surface area contributed by atoms with E-state index < -0.39 is 16.8 Å². The second-order valence-electron chi connectivity index (χ2n) is 5.88. The SMILES string of the molecule is CCOc1ccc(Nc2ncnc(Nc3ccc(Cl)c(C(F)(F)F)c3)c2N)cc1. The van der Waals surface area contributed by atoms with Crippen LogP contribution in [0.2, 0.25) is 5.02 Å². The number of hydrogen-bond acceptors (Lipinski definition) is 6. The van der Waals surface area contributed by atoms with Crippen molar-refractivity contribution in [3.63, 3.8) is 0 Å².